The molecule has 1 N–H and O–H groups in total. The van der Waals surface area contributed by atoms with Gasteiger partial charge >= 0.3 is 0 Å². The number of benzene rings is 2. The van der Waals surface area contributed by atoms with Gasteiger partial charge < -0.3 is 9.88 Å². The first-order valence-electron chi connectivity index (χ1n) is 8.37. The number of nitrogens with zero attached hydrogens (tertiary/aromatic N) is 1. The Bertz CT molecular complexity index is 913. The van der Waals surface area contributed by atoms with E-state index in [1.54, 1.807) is 0 Å². The molecular weight excluding hydrogens is 320 g/mol. The molecule has 3 aromatic rings. The maximum Gasteiger partial charge on any atom is 0.253 e. The van der Waals surface area contributed by atoms with Gasteiger partial charge in [0.15, 0.2) is 0 Å². The Hall–Kier alpha value is -2.26. The number of fused-ring (bicyclic) bond motifs is 3. The lowest BCUT2D eigenvalue weighted by molar-refractivity contribution is 0.0957. The summed E-state index contributed by atoms with van der Waals surface area (Å²) in [5, 5.41) is 4.84. The zero-order valence-electron chi connectivity index (χ0n) is 13.4. The van der Waals surface area contributed by atoms with Gasteiger partial charge in [-0.25, -0.2) is 0 Å². The fourth-order valence-electron chi connectivity index (χ4n) is 3.60. The highest BCUT2D eigenvalue weighted by Crippen LogP contribution is 2.29. The lowest BCUT2D eigenvalue weighted by Gasteiger charge is -2.11. The van der Waals surface area contributed by atoms with E-state index in [0.717, 1.165) is 59.5 Å². The first kappa shape index (κ1) is 15.3. The Kier molecular flexibility index (Phi) is 4.03. The third kappa shape index (κ3) is 2.69. The molecule has 0 unspecified atom stereocenters. The summed E-state index contributed by atoms with van der Waals surface area (Å²) < 4.78 is 2.32. The summed E-state index contributed by atoms with van der Waals surface area (Å²) in [6.45, 7) is 1.60. The van der Waals surface area contributed by atoms with Crippen LogP contribution >= 0.6 is 11.6 Å². The van der Waals surface area contributed by atoms with Crippen LogP contribution in [0.3, 0.4) is 0 Å². The molecule has 0 saturated carbocycles. The van der Waals surface area contributed by atoms with E-state index in [9.17, 15) is 4.79 Å². The van der Waals surface area contributed by atoms with Gasteiger partial charge in [-0.3, -0.25) is 4.79 Å². The van der Waals surface area contributed by atoms with Crippen LogP contribution in [0.4, 0.5) is 0 Å². The van der Waals surface area contributed by atoms with Gasteiger partial charge in [-0.15, -0.1) is 0 Å². The molecule has 122 valence electrons. The van der Waals surface area contributed by atoms with E-state index in [2.05, 4.69) is 28.1 Å². The van der Waals surface area contributed by atoms with Crippen LogP contribution in [-0.4, -0.2) is 17.0 Å². The fraction of sp³-hybridized carbons (Fsp3) is 0.250. The molecule has 0 fully saturated rings. The highest BCUT2D eigenvalue weighted by Gasteiger charge is 2.23. The van der Waals surface area contributed by atoms with Crippen molar-refractivity contribution in [1.82, 2.24) is 9.88 Å². The molecule has 0 aliphatic carbocycles. The van der Waals surface area contributed by atoms with Crippen LogP contribution in [0.1, 0.15) is 28.0 Å². The number of hydrogen-bond donors (Lipinski definition) is 1. The predicted octanol–water partition coefficient (Wildman–Crippen LogP) is 4.21. The molecule has 0 bridgehead atoms. The predicted molar refractivity (Wildman–Crippen MR) is 97.7 cm³/mol. The van der Waals surface area contributed by atoms with Crippen molar-refractivity contribution in [1.29, 1.82) is 0 Å². The number of rotatable bonds is 3. The lowest BCUT2D eigenvalue weighted by Crippen LogP contribution is -2.22. The van der Waals surface area contributed by atoms with Gasteiger partial charge in [-0.05, 0) is 43.0 Å². The molecule has 4 rings (SSSR count). The minimum atomic E-state index is 0.0557. The van der Waals surface area contributed by atoms with Crippen molar-refractivity contribution in [3.8, 4) is 0 Å². The average molecular weight is 339 g/mol. The number of halogens is 1. The summed E-state index contributed by atoms with van der Waals surface area (Å²) in [4.78, 5) is 12.5. The van der Waals surface area contributed by atoms with Gasteiger partial charge in [0.2, 0.25) is 0 Å². The standard InChI is InChI=1S/C20H19ClN2O/c21-15-6-3-5-14(13-15)10-12-23-17-8-2-1-7-16(17)19-18(23)9-4-11-22-20(19)24/h1-3,5-8,13H,4,9-12H2,(H,22,24). The summed E-state index contributed by atoms with van der Waals surface area (Å²) in [5.41, 5.74) is 4.37. The Balaban J connectivity index is 1.77. The van der Waals surface area contributed by atoms with E-state index in [-0.39, 0.29) is 5.91 Å². The zero-order valence-corrected chi connectivity index (χ0v) is 14.1. The lowest BCUT2D eigenvalue weighted by atomic mass is 10.1. The fourth-order valence-corrected chi connectivity index (χ4v) is 3.82. The van der Waals surface area contributed by atoms with Crippen molar-refractivity contribution >= 4 is 28.4 Å². The third-order valence-corrected chi connectivity index (χ3v) is 4.93. The number of hydrogen-bond acceptors (Lipinski definition) is 1. The van der Waals surface area contributed by atoms with E-state index in [1.165, 1.54) is 5.56 Å². The van der Waals surface area contributed by atoms with Gasteiger partial charge in [0, 0.05) is 34.7 Å². The van der Waals surface area contributed by atoms with Gasteiger partial charge in [0.1, 0.15) is 0 Å². The van der Waals surface area contributed by atoms with E-state index in [1.807, 2.05) is 30.3 Å². The molecule has 0 radical (unpaired) electrons. The largest absolute Gasteiger partial charge is 0.352 e. The summed E-state index contributed by atoms with van der Waals surface area (Å²) in [6.07, 6.45) is 2.80. The molecule has 1 aliphatic rings. The van der Waals surface area contributed by atoms with Crippen LogP contribution in [-0.2, 0) is 19.4 Å². The maximum absolute atomic E-state index is 12.5. The van der Waals surface area contributed by atoms with Gasteiger partial charge in [0.05, 0.1) is 5.56 Å². The topological polar surface area (TPSA) is 34.0 Å². The van der Waals surface area contributed by atoms with Crippen LogP contribution in [0.15, 0.2) is 48.5 Å². The van der Waals surface area contributed by atoms with Gasteiger partial charge in [-0.2, -0.15) is 0 Å². The van der Waals surface area contributed by atoms with Crippen molar-refractivity contribution in [2.75, 3.05) is 6.54 Å². The van der Waals surface area contributed by atoms with Crippen LogP contribution < -0.4 is 5.32 Å². The zero-order chi connectivity index (χ0) is 16.5. The molecule has 4 heteroatoms. The molecular formula is C20H19ClN2O. The van der Waals surface area contributed by atoms with Crippen molar-refractivity contribution in [3.05, 3.63) is 70.4 Å². The van der Waals surface area contributed by atoms with E-state index < -0.39 is 0 Å². The van der Waals surface area contributed by atoms with Crippen LogP contribution in [0.25, 0.3) is 10.9 Å². The van der Waals surface area contributed by atoms with Gasteiger partial charge in [0.25, 0.3) is 5.91 Å². The second-order valence-corrected chi connectivity index (χ2v) is 6.67. The van der Waals surface area contributed by atoms with Crippen LogP contribution in [0.2, 0.25) is 5.02 Å². The molecule has 0 saturated heterocycles. The highest BCUT2D eigenvalue weighted by atomic mass is 35.5. The van der Waals surface area contributed by atoms with Crippen molar-refractivity contribution in [3.63, 3.8) is 0 Å². The van der Waals surface area contributed by atoms with Crippen LogP contribution in [0, 0.1) is 0 Å². The number of amides is 1. The molecule has 1 amide bonds. The number of carbonyl (C=O) groups is 1. The van der Waals surface area contributed by atoms with E-state index >= 15 is 0 Å². The number of para-hydroxylation sites is 1. The smallest absolute Gasteiger partial charge is 0.253 e. The SMILES string of the molecule is O=C1NCCCc2c1c1ccccc1n2CCc1cccc(Cl)c1. The summed E-state index contributed by atoms with van der Waals surface area (Å²) in [7, 11) is 0. The number of carbonyl (C=O) groups excluding carboxylic acids is 1. The first-order valence-corrected chi connectivity index (χ1v) is 8.74. The molecule has 2 heterocycles. The average Bonchev–Trinajstić information content (AvgIpc) is 2.77. The normalized spacial score (nSPS) is 14.3. The van der Waals surface area contributed by atoms with E-state index in [4.69, 9.17) is 11.6 Å². The second kappa shape index (κ2) is 6.33. The first-order chi connectivity index (χ1) is 11.7. The summed E-state index contributed by atoms with van der Waals surface area (Å²) in [6, 6.07) is 16.2. The van der Waals surface area contributed by atoms with Crippen molar-refractivity contribution in [2.24, 2.45) is 0 Å². The van der Waals surface area contributed by atoms with Crippen molar-refractivity contribution in [2.45, 2.75) is 25.8 Å². The van der Waals surface area contributed by atoms with Crippen LogP contribution in [0.5, 0.6) is 0 Å². The molecule has 24 heavy (non-hydrogen) atoms. The summed E-state index contributed by atoms with van der Waals surface area (Å²) in [5.74, 6) is 0.0557. The number of aryl methyl sites for hydroxylation is 2. The second-order valence-electron chi connectivity index (χ2n) is 6.23. The Labute approximate surface area is 146 Å². The third-order valence-electron chi connectivity index (χ3n) is 4.69. The Morgan fingerprint density at radius 3 is 2.88 bits per heavy atom. The maximum atomic E-state index is 12.5. The summed E-state index contributed by atoms with van der Waals surface area (Å²) >= 11 is 6.10. The molecule has 2 aromatic carbocycles. The van der Waals surface area contributed by atoms with Crippen molar-refractivity contribution < 1.29 is 4.79 Å². The molecule has 1 aromatic heterocycles. The molecule has 3 nitrogen and oxygen atoms in total. The number of aromatic nitrogens is 1. The Morgan fingerprint density at radius 1 is 1.12 bits per heavy atom. The number of nitrogens with one attached hydrogen (secondary N) is 1. The van der Waals surface area contributed by atoms with E-state index in [0.29, 0.717) is 0 Å². The minimum Gasteiger partial charge on any atom is -0.352 e. The molecule has 1 aliphatic heterocycles. The quantitative estimate of drug-likeness (QED) is 0.762. The van der Waals surface area contributed by atoms with Gasteiger partial charge in [-0.1, -0.05) is 41.9 Å². The molecule has 0 atom stereocenters. The monoisotopic (exact) mass is 338 g/mol. The minimum absolute atomic E-state index is 0.0557. The highest BCUT2D eigenvalue weighted by molar-refractivity contribution is 6.30. The Morgan fingerprint density at radius 2 is 2.00 bits per heavy atom. The molecule has 0 spiro atoms.